The number of hydrogen-bond acceptors (Lipinski definition) is 5. The number of aromatic amines is 2. The quantitative estimate of drug-likeness (QED) is 0.264. The van der Waals surface area contributed by atoms with Crippen LogP contribution in [0.2, 0.25) is 0 Å². The van der Waals surface area contributed by atoms with Crippen LogP contribution >= 0.6 is 0 Å². The van der Waals surface area contributed by atoms with Gasteiger partial charge in [0, 0.05) is 72.7 Å². The molecule has 0 amide bonds. The number of alkyl halides is 3. The molecule has 1 aliphatic rings. The lowest BCUT2D eigenvalue weighted by Gasteiger charge is -2.33. The van der Waals surface area contributed by atoms with E-state index >= 15 is 0 Å². The number of hydrogen-bond donors (Lipinski definition) is 3. The maximum Gasteiger partial charge on any atom is 0.389 e. The minimum atomic E-state index is -4.19. The third-order valence-corrected chi connectivity index (χ3v) is 7.73. The van der Waals surface area contributed by atoms with Gasteiger partial charge in [-0.15, -0.1) is 0 Å². The molecule has 3 aromatic heterocycles. The Morgan fingerprint density at radius 2 is 1.95 bits per heavy atom. The fourth-order valence-corrected chi connectivity index (χ4v) is 5.52. The SMILES string of the molecule is Cc1c(CN2CCC(Nc3cc(=O)[nH]cc3CCCC(F)(F)F)CC2)ccc2c1cc(C#N)n2Cc1cn[nH]c1. The highest BCUT2D eigenvalue weighted by atomic mass is 19.4. The largest absolute Gasteiger partial charge is 0.389 e. The highest BCUT2D eigenvalue weighted by molar-refractivity contribution is 5.86. The van der Waals surface area contributed by atoms with Crippen LogP contribution in [0.1, 0.15) is 53.6 Å². The molecule has 0 spiro atoms. The minimum Gasteiger partial charge on any atom is -0.382 e. The van der Waals surface area contributed by atoms with Crippen molar-refractivity contribution in [1.29, 1.82) is 5.26 Å². The third kappa shape index (κ3) is 6.39. The van der Waals surface area contributed by atoms with Gasteiger partial charge < -0.3 is 14.9 Å². The van der Waals surface area contributed by atoms with E-state index in [1.165, 1.54) is 17.8 Å². The van der Waals surface area contributed by atoms with Crippen molar-refractivity contribution in [3.05, 3.63) is 81.2 Å². The van der Waals surface area contributed by atoms with Crippen molar-refractivity contribution in [2.75, 3.05) is 18.4 Å². The molecule has 0 radical (unpaired) electrons. The van der Waals surface area contributed by atoms with Crippen LogP contribution in [0.15, 0.2) is 47.7 Å². The van der Waals surface area contributed by atoms with Crippen molar-refractivity contribution in [2.45, 2.75) is 64.3 Å². The lowest BCUT2D eigenvalue weighted by Crippen LogP contribution is -2.39. The normalized spacial score (nSPS) is 15.0. The molecular weight excluding hydrogens is 519 g/mol. The molecule has 5 rings (SSSR count). The standard InChI is InChI=1S/C29H32F3N7O/c1-19-22(4-5-27-25(19)11-24(13-33)39(27)17-20-14-35-36-15-20)18-38-9-6-23(7-10-38)37-26-12-28(40)34-16-21(26)3-2-8-29(30,31)32/h4-5,11-12,14-16,23H,2-3,6-10,17-18H2,1H3,(H,35,36)(H2,34,37,40). The Morgan fingerprint density at radius 1 is 1.15 bits per heavy atom. The van der Waals surface area contributed by atoms with Gasteiger partial charge >= 0.3 is 6.18 Å². The fourth-order valence-electron chi connectivity index (χ4n) is 5.52. The highest BCUT2D eigenvalue weighted by Crippen LogP contribution is 2.29. The van der Waals surface area contributed by atoms with Crippen molar-refractivity contribution in [3.63, 3.8) is 0 Å². The molecule has 1 fully saturated rings. The average molecular weight is 552 g/mol. The van der Waals surface area contributed by atoms with Gasteiger partial charge in [0.2, 0.25) is 5.56 Å². The van der Waals surface area contributed by atoms with E-state index in [4.69, 9.17) is 0 Å². The maximum atomic E-state index is 12.6. The van der Waals surface area contributed by atoms with E-state index < -0.39 is 12.6 Å². The first-order valence-electron chi connectivity index (χ1n) is 13.5. The lowest BCUT2D eigenvalue weighted by atomic mass is 10.00. The van der Waals surface area contributed by atoms with E-state index in [0.717, 1.165) is 54.5 Å². The molecule has 0 unspecified atom stereocenters. The molecule has 1 saturated heterocycles. The maximum absolute atomic E-state index is 12.6. The van der Waals surface area contributed by atoms with Gasteiger partial charge in [-0.2, -0.15) is 23.5 Å². The van der Waals surface area contributed by atoms with Crippen molar-refractivity contribution >= 4 is 16.6 Å². The number of aryl methyl sites for hydroxylation is 2. The molecule has 0 atom stereocenters. The van der Waals surface area contributed by atoms with E-state index in [2.05, 4.69) is 50.5 Å². The van der Waals surface area contributed by atoms with Gasteiger partial charge in [-0.1, -0.05) is 6.07 Å². The second-order valence-corrected chi connectivity index (χ2v) is 10.5. The predicted molar refractivity (Wildman–Crippen MR) is 147 cm³/mol. The number of benzene rings is 1. The number of likely N-dealkylation sites (tertiary alicyclic amines) is 1. The summed E-state index contributed by atoms with van der Waals surface area (Å²) in [4.78, 5) is 16.9. The second-order valence-electron chi connectivity index (χ2n) is 10.5. The number of aromatic nitrogens is 4. The number of pyridine rings is 1. The molecule has 0 bridgehead atoms. The summed E-state index contributed by atoms with van der Waals surface area (Å²) in [6, 6.07) is 10.1. The van der Waals surface area contributed by atoms with Gasteiger partial charge in [0.25, 0.3) is 0 Å². The molecule has 0 aliphatic carbocycles. The van der Waals surface area contributed by atoms with E-state index in [9.17, 15) is 23.2 Å². The van der Waals surface area contributed by atoms with Crippen molar-refractivity contribution in [3.8, 4) is 6.07 Å². The minimum absolute atomic E-state index is 0.0189. The zero-order chi connectivity index (χ0) is 28.3. The smallest absolute Gasteiger partial charge is 0.382 e. The number of halogens is 3. The molecule has 1 aromatic carbocycles. The summed E-state index contributed by atoms with van der Waals surface area (Å²) in [5.74, 6) is 0. The number of H-pyrrole nitrogens is 2. The van der Waals surface area contributed by atoms with Crippen LogP contribution in [0.5, 0.6) is 0 Å². The van der Waals surface area contributed by atoms with E-state index in [1.54, 1.807) is 6.20 Å². The molecule has 1 aliphatic heterocycles. The second kappa shape index (κ2) is 11.6. The Kier molecular flexibility index (Phi) is 7.98. The first-order chi connectivity index (χ1) is 19.2. The van der Waals surface area contributed by atoms with Gasteiger partial charge in [-0.25, -0.2) is 0 Å². The molecule has 3 N–H and O–H groups in total. The molecule has 40 heavy (non-hydrogen) atoms. The lowest BCUT2D eigenvalue weighted by molar-refractivity contribution is -0.135. The number of rotatable bonds is 9. The topological polar surface area (TPSA) is 106 Å². The van der Waals surface area contributed by atoms with Crippen LogP contribution in [0, 0.1) is 18.3 Å². The molecule has 0 saturated carbocycles. The van der Waals surface area contributed by atoms with Gasteiger partial charge in [0.15, 0.2) is 0 Å². The summed E-state index contributed by atoms with van der Waals surface area (Å²) in [5.41, 5.74) is 6.05. The average Bonchev–Trinajstić information content (AvgIpc) is 3.56. The Labute approximate surface area is 229 Å². The fraction of sp³-hybridized carbons (Fsp3) is 0.414. The summed E-state index contributed by atoms with van der Waals surface area (Å²) in [7, 11) is 0. The number of fused-ring (bicyclic) bond motifs is 1. The Morgan fingerprint density at radius 3 is 2.65 bits per heavy atom. The highest BCUT2D eigenvalue weighted by Gasteiger charge is 2.26. The van der Waals surface area contributed by atoms with Crippen LogP contribution in [0.3, 0.4) is 0 Å². The number of anilines is 1. The zero-order valence-corrected chi connectivity index (χ0v) is 22.3. The zero-order valence-electron chi connectivity index (χ0n) is 22.3. The molecule has 4 aromatic rings. The van der Waals surface area contributed by atoms with E-state index in [0.29, 0.717) is 23.5 Å². The van der Waals surface area contributed by atoms with Gasteiger partial charge in [-0.3, -0.25) is 14.8 Å². The molecular formula is C29H32F3N7O. The Balaban J connectivity index is 1.22. The summed E-state index contributed by atoms with van der Waals surface area (Å²) in [5, 5.41) is 21.1. The van der Waals surface area contributed by atoms with E-state index in [1.807, 2.05) is 16.8 Å². The predicted octanol–water partition coefficient (Wildman–Crippen LogP) is 5.24. The first-order valence-corrected chi connectivity index (χ1v) is 13.5. The number of nitriles is 1. The first kappa shape index (κ1) is 27.5. The van der Waals surface area contributed by atoms with Gasteiger partial charge in [0.05, 0.1) is 12.7 Å². The summed E-state index contributed by atoms with van der Waals surface area (Å²) < 4.78 is 39.8. The number of piperidine rings is 1. The third-order valence-electron chi connectivity index (χ3n) is 7.73. The van der Waals surface area contributed by atoms with Crippen LogP contribution in [0.25, 0.3) is 10.9 Å². The summed E-state index contributed by atoms with van der Waals surface area (Å²) in [6.45, 7) is 5.17. The molecule has 11 heteroatoms. The van der Waals surface area contributed by atoms with Crippen LogP contribution in [-0.4, -0.2) is 50.0 Å². The van der Waals surface area contributed by atoms with Crippen LogP contribution in [-0.2, 0) is 19.5 Å². The monoisotopic (exact) mass is 551 g/mol. The van der Waals surface area contributed by atoms with E-state index in [-0.39, 0.29) is 24.4 Å². The number of nitrogens with zero attached hydrogens (tertiary/aromatic N) is 4. The molecule has 4 heterocycles. The number of nitrogens with one attached hydrogen (secondary N) is 3. The molecule has 210 valence electrons. The Hall–Kier alpha value is -4.04. The van der Waals surface area contributed by atoms with Crippen LogP contribution < -0.4 is 10.9 Å². The van der Waals surface area contributed by atoms with Crippen LogP contribution in [0.4, 0.5) is 18.9 Å². The summed E-state index contributed by atoms with van der Waals surface area (Å²) >= 11 is 0. The Bertz CT molecular complexity index is 1560. The van der Waals surface area contributed by atoms with Crippen molar-refractivity contribution in [2.24, 2.45) is 0 Å². The van der Waals surface area contributed by atoms with Gasteiger partial charge in [0.1, 0.15) is 11.8 Å². The summed E-state index contributed by atoms with van der Waals surface area (Å²) in [6.07, 6.45) is 2.02. The van der Waals surface area contributed by atoms with Gasteiger partial charge in [-0.05, 0) is 61.4 Å². The molecule has 8 nitrogen and oxygen atoms in total. The van der Waals surface area contributed by atoms with Crippen molar-refractivity contribution in [1.82, 2.24) is 24.6 Å². The van der Waals surface area contributed by atoms with Crippen molar-refractivity contribution < 1.29 is 13.2 Å².